The third kappa shape index (κ3) is 2.67. The van der Waals surface area contributed by atoms with E-state index in [0.29, 0.717) is 6.04 Å². The van der Waals surface area contributed by atoms with Crippen LogP contribution in [0.4, 0.5) is 0 Å². The molecule has 0 N–H and O–H groups in total. The number of nitrogens with zero attached hydrogens (tertiary/aromatic N) is 5. The monoisotopic (exact) mass is 247 g/mol. The van der Waals surface area contributed by atoms with Crippen molar-refractivity contribution < 1.29 is 4.79 Å². The molecule has 0 radical (unpaired) electrons. The molecule has 0 aromatic carbocycles. The molecular formula is C12H17N5O. The van der Waals surface area contributed by atoms with Crippen molar-refractivity contribution >= 4 is 5.91 Å². The molecule has 1 aromatic heterocycles. The average molecular weight is 247 g/mol. The summed E-state index contributed by atoms with van der Waals surface area (Å²) in [5.74, 6) is 0.171. The zero-order valence-electron chi connectivity index (χ0n) is 10.5. The Hall–Kier alpha value is -1.90. The Balaban J connectivity index is 2.00. The number of amides is 1. The highest BCUT2D eigenvalue weighted by Gasteiger charge is 2.25. The Labute approximate surface area is 106 Å². The predicted molar refractivity (Wildman–Crippen MR) is 64.4 cm³/mol. The van der Waals surface area contributed by atoms with Gasteiger partial charge in [-0.05, 0) is 25.7 Å². The van der Waals surface area contributed by atoms with Crippen molar-refractivity contribution in [1.29, 1.82) is 5.26 Å². The zero-order valence-corrected chi connectivity index (χ0v) is 10.5. The molecule has 96 valence electrons. The largest absolute Gasteiger partial charge is 0.338 e. The minimum Gasteiger partial charge on any atom is -0.338 e. The summed E-state index contributed by atoms with van der Waals surface area (Å²) in [4.78, 5) is 17.9. The van der Waals surface area contributed by atoms with Crippen molar-refractivity contribution in [3.8, 4) is 6.07 Å². The quantitative estimate of drug-likeness (QED) is 0.796. The molecule has 18 heavy (non-hydrogen) atoms. The smallest absolute Gasteiger partial charge is 0.252 e. The highest BCUT2D eigenvalue weighted by molar-refractivity contribution is 5.76. The molecule has 0 unspecified atom stereocenters. The number of likely N-dealkylation sites (tertiary alicyclic amines) is 1. The molecule has 6 nitrogen and oxygen atoms in total. The second kappa shape index (κ2) is 5.63. The maximum Gasteiger partial charge on any atom is 0.252 e. The van der Waals surface area contributed by atoms with Crippen molar-refractivity contribution in [2.45, 2.75) is 45.2 Å². The maximum atomic E-state index is 12.2. The summed E-state index contributed by atoms with van der Waals surface area (Å²) in [6.07, 6.45) is 5.78. The standard InChI is InChI=1S/C12H17N5O/c1-2-10-5-3-4-6-17(10)12(18)8-16-9-14-11(7-13)15-16/h9-10H,2-6,8H2,1H3/t10-/m1/s1. The summed E-state index contributed by atoms with van der Waals surface area (Å²) < 4.78 is 1.43. The first-order chi connectivity index (χ1) is 8.74. The number of hydrogen-bond acceptors (Lipinski definition) is 4. The Morgan fingerprint density at radius 3 is 3.11 bits per heavy atom. The SMILES string of the molecule is CC[C@@H]1CCCCN1C(=O)Cn1cnc(C#N)n1. The maximum absolute atomic E-state index is 12.2. The third-order valence-corrected chi connectivity index (χ3v) is 3.35. The summed E-state index contributed by atoms with van der Waals surface area (Å²) in [5, 5.41) is 12.5. The summed E-state index contributed by atoms with van der Waals surface area (Å²) in [6.45, 7) is 3.11. The van der Waals surface area contributed by atoms with E-state index in [1.807, 2.05) is 11.0 Å². The van der Waals surface area contributed by atoms with Crippen LogP contribution in [0.5, 0.6) is 0 Å². The van der Waals surface area contributed by atoms with E-state index < -0.39 is 0 Å². The molecule has 0 aliphatic carbocycles. The second-order valence-corrected chi connectivity index (χ2v) is 4.52. The van der Waals surface area contributed by atoms with Crippen LogP contribution in [-0.2, 0) is 11.3 Å². The van der Waals surface area contributed by atoms with Crippen molar-refractivity contribution in [3.63, 3.8) is 0 Å². The fourth-order valence-electron chi connectivity index (χ4n) is 2.40. The van der Waals surface area contributed by atoms with E-state index in [1.165, 1.54) is 17.4 Å². The van der Waals surface area contributed by atoms with Crippen molar-refractivity contribution in [3.05, 3.63) is 12.2 Å². The molecule has 6 heteroatoms. The first-order valence-electron chi connectivity index (χ1n) is 6.33. The van der Waals surface area contributed by atoms with Crippen LogP contribution in [0.3, 0.4) is 0 Å². The van der Waals surface area contributed by atoms with Crippen LogP contribution >= 0.6 is 0 Å². The first-order valence-corrected chi connectivity index (χ1v) is 6.33. The van der Waals surface area contributed by atoms with Crippen LogP contribution in [0, 0.1) is 11.3 Å². The van der Waals surface area contributed by atoms with Gasteiger partial charge in [-0.2, -0.15) is 5.26 Å². The average Bonchev–Trinajstić information content (AvgIpc) is 2.86. The van der Waals surface area contributed by atoms with Gasteiger partial charge in [0, 0.05) is 12.6 Å². The van der Waals surface area contributed by atoms with E-state index in [9.17, 15) is 4.79 Å². The van der Waals surface area contributed by atoms with Crippen LogP contribution in [0.2, 0.25) is 0 Å². The Morgan fingerprint density at radius 1 is 1.61 bits per heavy atom. The summed E-state index contributed by atoms with van der Waals surface area (Å²) >= 11 is 0. The lowest BCUT2D eigenvalue weighted by atomic mass is 10.00. The lowest BCUT2D eigenvalue weighted by Crippen LogP contribution is -2.44. The molecule has 1 saturated heterocycles. The van der Waals surface area contributed by atoms with Crippen LogP contribution in [0.15, 0.2) is 6.33 Å². The molecule has 1 fully saturated rings. The van der Waals surface area contributed by atoms with Gasteiger partial charge < -0.3 is 4.90 Å². The van der Waals surface area contributed by atoms with E-state index in [0.717, 1.165) is 25.8 Å². The van der Waals surface area contributed by atoms with Gasteiger partial charge in [-0.25, -0.2) is 9.67 Å². The summed E-state index contributed by atoms with van der Waals surface area (Å²) in [5.41, 5.74) is 0. The van der Waals surface area contributed by atoms with Crippen LogP contribution in [0.1, 0.15) is 38.4 Å². The van der Waals surface area contributed by atoms with Gasteiger partial charge in [-0.15, -0.1) is 5.10 Å². The zero-order chi connectivity index (χ0) is 13.0. The molecule has 1 aliphatic heterocycles. The third-order valence-electron chi connectivity index (χ3n) is 3.35. The van der Waals surface area contributed by atoms with Gasteiger partial charge in [0.15, 0.2) is 0 Å². The number of carbonyl (C=O) groups excluding carboxylic acids is 1. The van der Waals surface area contributed by atoms with E-state index in [-0.39, 0.29) is 18.3 Å². The highest BCUT2D eigenvalue weighted by atomic mass is 16.2. The molecule has 2 rings (SSSR count). The molecular weight excluding hydrogens is 230 g/mol. The van der Waals surface area contributed by atoms with Crippen LogP contribution < -0.4 is 0 Å². The van der Waals surface area contributed by atoms with Gasteiger partial charge in [0.25, 0.3) is 5.82 Å². The second-order valence-electron chi connectivity index (χ2n) is 4.52. The molecule has 0 bridgehead atoms. The normalized spacial score (nSPS) is 19.6. The van der Waals surface area contributed by atoms with Gasteiger partial charge in [-0.3, -0.25) is 4.79 Å². The van der Waals surface area contributed by atoms with Gasteiger partial charge in [-0.1, -0.05) is 6.92 Å². The number of aromatic nitrogens is 3. The number of carbonyl (C=O) groups is 1. The van der Waals surface area contributed by atoms with Gasteiger partial charge in [0.2, 0.25) is 5.91 Å². The van der Waals surface area contributed by atoms with E-state index in [4.69, 9.17) is 5.26 Å². The number of piperidine rings is 1. The minimum absolute atomic E-state index is 0.0657. The first kappa shape index (κ1) is 12.6. The number of hydrogen-bond donors (Lipinski definition) is 0. The molecule has 2 heterocycles. The lowest BCUT2D eigenvalue weighted by molar-refractivity contribution is -0.135. The van der Waals surface area contributed by atoms with Crippen molar-refractivity contribution in [2.75, 3.05) is 6.54 Å². The molecule has 1 amide bonds. The number of rotatable bonds is 3. The molecule has 1 aromatic rings. The molecule has 1 aliphatic rings. The topological polar surface area (TPSA) is 74.8 Å². The Morgan fingerprint density at radius 2 is 2.44 bits per heavy atom. The van der Waals surface area contributed by atoms with Gasteiger partial charge in [0.05, 0.1) is 0 Å². The van der Waals surface area contributed by atoms with Gasteiger partial charge in [0.1, 0.15) is 18.9 Å². The van der Waals surface area contributed by atoms with E-state index >= 15 is 0 Å². The van der Waals surface area contributed by atoms with Gasteiger partial charge >= 0.3 is 0 Å². The fraction of sp³-hybridized carbons (Fsp3) is 0.667. The van der Waals surface area contributed by atoms with Crippen LogP contribution in [-0.4, -0.2) is 38.2 Å². The summed E-state index contributed by atoms with van der Waals surface area (Å²) in [6, 6.07) is 2.20. The molecule has 0 spiro atoms. The highest BCUT2D eigenvalue weighted by Crippen LogP contribution is 2.19. The molecule has 1 atom stereocenters. The van der Waals surface area contributed by atoms with Crippen molar-refractivity contribution in [2.24, 2.45) is 0 Å². The Kier molecular flexibility index (Phi) is 3.92. The predicted octanol–water partition coefficient (Wildman–Crippen LogP) is 0.941. The van der Waals surface area contributed by atoms with Crippen LogP contribution in [0.25, 0.3) is 0 Å². The minimum atomic E-state index is 0.0657. The van der Waals surface area contributed by atoms with E-state index in [1.54, 1.807) is 0 Å². The fourth-order valence-corrected chi connectivity index (χ4v) is 2.40. The van der Waals surface area contributed by atoms with Crippen molar-refractivity contribution in [1.82, 2.24) is 19.7 Å². The Bertz CT molecular complexity index is 461. The van der Waals surface area contributed by atoms with E-state index in [2.05, 4.69) is 17.0 Å². The lowest BCUT2D eigenvalue weighted by Gasteiger charge is -2.35. The number of nitriles is 1. The summed E-state index contributed by atoms with van der Waals surface area (Å²) in [7, 11) is 0. The molecule has 0 saturated carbocycles.